The fourth-order valence-electron chi connectivity index (χ4n) is 6.37. The summed E-state index contributed by atoms with van der Waals surface area (Å²) in [5.41, 5.74) is 3.46. The van der Waals surface area contributed by atoms with Crippen LogP contribution in [0.15, 0.2) is 46.7 Å². The molecule has 1 heterocycles. The second-order valence-electron chi connectivity index (χ2n) is 10.5. The Morgan fingerprint density at radius 1 is 1.16 bits per heavy atom. The number of aliphatic hydroxyl groups excluding tert-OH is 3. The first kappa shape index (κ1) is 25.8. The van der Waals surface area contributed by atoms with Crippen molar-refractivity contribution in [2.75, 3.05) is 7.11 Å². The average molecular weight is 518 g/mol. The van der Waals surface area contributed by atoms with E-state index in [0.717, 1.165) is 0 Å². The van der Waals surface area contributed by atoms with Gasteiger partial charge in [0.15, 0.2) is 24.1 Å². The Morgan fingerprint density at radius 3 is 2.51 bits per heavy atom. The summed E-state index contributed by atoms with van der Waals surface area (Å²) in [6.45, 7) is 1.62. The molecule has 4 aliphatic carbocycles. The van der Waals surface area contributed by atoms with Crippen molar-refractivity contribution in [2.45, 2.75) is 62.4 Å². The lowest BCUT2D eigenvalue weighted by atomic mass is 9.60. The number of allylic oxidation sites excluding steroid dienone is 7. The number of carbonyl (C=O) groups excluding carboxylic acids is 3. The fraction of sp³-hybridized carbons (Fsp3) is 0.577. The van der Waals surface area contributed by atoms with E-state index in [9.17, 15) is 34.8 Å². The molecule has 0 bridgehead atoms. The predicted octanol–water partition coefficient (Wildman–Crippen LogP) is 0.273. The Kier molecular flexibility index (Phi) is 6.40. The van der Waals surface area contributed by atoms with Crippen molar-refractivity contribution in [2.24, 2.45) is 29.4 Å². The van der Waals surface area contributed by atoms with Crippen molar-refractivity contribution in [3.8, 4) is 0 Å². The Labute approximate surface area is 212 Å². The van der Waals surface area contributed by atoms with E-state index in [1.165, 1.54) is 7.11 Å². The number of ketones is 2. The minimum atomic E-state index is -1.93. The number of hydrogen-bond donors (Lipinski definition) is 5. The van der Waals surface area contributed by atoms with Gasteiger partial charge in [0.05, 0.1) is 54.3 Å². The maximum absolute atomic E-state index is 13.7. The summed E-state index contributed by atoms with van der Waals surface area (Å²) in [6, 6.07) is -0.663. The third-order valence-electron chi connectivity index (χ3n) is 8.25. The highest BCUT2D eigenvalue weighted by Gasteiger charge is 2.58. The molecule has 1 aliphatic heterocycles. The number of nitrogens with two attached hydrogens (primary N) is 1. The van der Waals surface area contributed by atoms with Gasteiger partial charge in [-0.25, -0.2) is 0 Å². The highest BCUT2D eigenvalue weighted by molar-refractivity contribution is 6.21. The van der Waals surface area contributed by atoms with Crippen LogP contribution in [-0.2, 0) is 28.6 Å². The van der Waals surface area contributed by atoms with Gasteiger partial charge in [0, 0.05) is 24.8 Å². The molecule has 3 fully saturated rings. The fourth-order valence-corrected chi connectivity index (χ4v) is 6.37. The van der Waals surface area contributed by atoms with Crippen LogP contribution in [0, 0.1) is 23.7 Å². The number of methoxy groups -OCH3 is 1. The third kappa shape index (κ3) is 3.96. The van der Waals surface area contributed by atoms with Crippen LogP contribution in [0.2, 0.25) is 0 Å². The summed E-state index contributed by atoms with van der Waals surface area (Å²) < 4.78 is 17.1. The highest BCUT2D eigenvalue weighted by Crippen LogP contribution is 2.52. The van der Waals surface area contributed by atoms with E-state index in [1.807, 2.05) is 0 Å². The number of aliphatic hydroxyl groups is 4. The largest absolute Gasteiger partial charge is 0.511 e. The Bertz CT molecular complexity index is 1140. The molecule has 6 N–H and O–H groups in total. The van der Waals surface area contributed by atoms with Crippen LogP contribution in [0.25, 0.3) is 0 Å². The first-order valence-corrected chi connectivity index (χ1v) is 12.3. The van der Waals surface area contributed by atoms with Crippen LogP contribution < -0.4 is 5.73 Å². The molecule has 0 aromatic carbocycles. The third-order valence-corrected chi connectivity index (χ3v) is 8.25. The maximum Gasteiger partial charge on any atom is 0.178 e. The van der Waals surface area contributed by atoms with Gasteiger partial charge < -0.3 is 45.2 Å². The second kappa shape index (κ2) is 9.17. The number of carbonyl (C=O) groups is 3. The monoisotopic (exact) mass is 517 g/mol. The summed E-state index contributed by atoms with van der Waals surface area (Å²) >= 11 is 0. The molecule has 0 spiro atoms. The molecule has 11 nitrogen and oxygen atoms in total. The molecule has 11 heteroatoms. The Balaban J connectivity index is 1.57. The average Bonchev–Trinajstić information content (AvgIpc) is 2.87. The molecule has 5 rings (SSSR count). The van der Waals surface area contributed by atoms with Gasteiger partial charge in [-0.15, -0.1) is 0 Å². The van der Waals surface area contributed by atoms with Crippen LogP contribution in [0.4, 0.5) is 0 Å². The lowest BCUT2D eigenvalue weighted by Gasteiger charge is -2.48. The zero-order chi connectivity index (χ0) is 26.8. The first-order valence-electron chi connectivity index (χ1n) is 12.3. The minimum absolute atomic E-state index is 0.0960. The summed E-state index contributed by atoms with van der Waals surface area (Å²) in [4.78, 5) is 39.0. The first-order chi connectivity index (χ1) is 17.5. The molecule has 0 aromatic heterocycles. The molecule has 0 radical (unpaired) electrons. The number of fused-ring (bicyclic) bond motifs is 3. The van der Waals surface area contributed by atoms with Gasteiger partial charge >= 0.3 is 0 Å². The van der Waals surface area contributed by atoms with E-state index in [4.69, 9.17) is 19.9 Å². The summed E-state index contributed by atoms with van der Waals surface area (Å²) in [5.74, 6) is -5.87. The minimum Gasteiger partial charge on any atom is -0.511 e. The van der Waals surface area contributed by atoms with E-state index in [2.05, 4.69) is 0 Å². The van der Waals surface area contributed by atoms with E-state index >= 15 is 0 Å². The normalized spacial score (nSPS) is 43.6. The van der Waals surface area contributed by atoms with Crippen molar-refractivity contribution >= 4 is 17.9 Å². The maximum atomic E-state index is 13.7. The smallest absolute Gasteiger partial charge is 0.178 e. The Hall–Kier alpha value is -2.83. The van der Waals surface area contributed by atoms with Crippen LogP contribution >= 0.6 is 0 Å². The van der Waals surface area contributed by atoms with E-state index in [0.29, 0.717) is 6.29 Å². The summed E-state index contributed by atoms with van der Waals surface area (Å²) in [7, 11) is 1.38. The molecule has 200 valence electrons. The molecular formula is C26H31NO10. The van der Waals surface area contributed by atoms with Gasteiger partial charge in [0.1, 0.15) is 22.9 Å². The van der Waals surface area contributed by atoms with Crippen LogP contribution in [0.1, 0.15) is 26.2 Å². The second-order valence-corrected chi connectivity index (χ2v) is 10.5. The number of Topliss-reactive ketones (excluding diaryl/α,β-unsaturated/α-hetero) is 2. The number of ether oxygens (including phenoxy) is 3. The SMILES string of the molecule is COC1=CC=CC2C(=O)C3=C(O)C4C[C@@](O)(C=O)CC(OC5CC(N)C(O)C(C)O5)C4C(O)=C3C(=O)C12. The zero-order valence-corrected chi connectivity index (χ0v) is 20.4. The molecule has 0 amide bonds. The van der Waals surface area contributed by atoms with Gasteiger partial charge in [-0.3, -0.25) is 9.59 Å². The lowest BCUT2D eigenvalue weighted by Crippen LogP contribution is -2.56. The van der Waals surface area contributed by atoms with Crippen LogP contribution in [-0.4, -0.2) is 81.6 Å². The topological polar surface area (TPSA) is 186 Å². The Morgan fingerprint density at radius 2 is 1.86 bits per heavy atom. The molecular weight excluding hydrogens is 486 g/mol. The summed E-state index contributed by atoms with van der Waals surface area (Å²) in [5, 5.41) is 43.9. The van der Waals surface area contributed by atoms with Crippen molar-refractivity contribution < 1.29 is 49.0 Å². The van der Waals surface area contributed by atoms with Gasteiger partial charge in [-0.05, 0) is 19.4 Å². The molecule has 9 unspecified atom stereocenters. The van der Waals surface area contributed by atoms with E-state index < -0.39 is 83.0 Å². The number of rotatable bonds is 4. The van der Waals surface area contributed by atoms with Crippen LogP contribution in [0.3, 0.4) is 0 Å². The predicted molar refractivity (Wildman–Crippen MR) is 126 cm³/mol. The molecule has 37 heavy (non-hydrogen) atoms. The van der Waals surface area contributed by atoms with Gasteiger partial charge in [0.25, 0.3) is 0 Å². The summed E-state index contributed by atoms with van der Waals surface area (Å²) in [6.07, 6.45) is 0.975. The quantitative estimate of drug-likeness (QED) is 0.322. The standard InChI is InChI=1S/C26H31NO10/c1-10-21(29)13(27)6-16(36-10)37-15-8-26(34,9-28)7-12-18(15)25(33)20-19(23(12)31)22(30)11-4-3-5-14(35-2)17(11)24(20)32/h3-5,9-13,15-18,21,29,31,33-34H,6-8,27H2,1-2H3/t10?,11?,12?,13?,15?,16?,17?,18?,21?,26-/m0/s1. The number of hydrogen-bond acceptors (Lipinski definition) is 11. The number of aldehydes is 1. The van der Waals surface area contributed by atoms with Crippen molar-refractivity contribution in [1.82, 2.24) is 0 Å². The van der Waals surface area contributed by atoms with Crippen molar-refractivity contribution in [3.05, 3.63) is 46.7 Å². The molecule has 1 saturated heterocycles. The van der Waals surface area contributed by atoms with Gasteiger partial charge in [0.2, 0.25) is 0 Å². The van der Waals surface area contributed by atoms with Gasteiger partial charge in [-0.1, -0.05) is 12.2 Å². The van der Waals surface area contributed by atoms with Crippen molar-refractivity contribution in [1.29, 1.82) is 0 Å². The molecule has 0 aromatic rings. The van der Waals surface area contributed by atoms with Crippen molar-refractivity contribution in [3.63, 3.8) is 0 Å². The van der Waals surface area contributed by atoms with E-state index in [1.54, 1.807) is 25.2 Å². The van der Waals surface area contributed by atoms with E-state index in [-0.39, 0.29) is 36.2 Å². The molecule has 10 atom stereocenters. The lowest BCUT2D eigenvalue weighted by molar-refractivity contribution is -0.258. The zero-order valence-electron chi connectivity index (χ0n) is 20.4. The van der Waals surface area contributed by atoms with Crippen LogP contribution in [0.5, 0.6) is 0 Å². The molecule has 2 saturated carbocycles. The van der Waals surface area contributed by atoms with Gasteiger partial charge in [-0.2, -0.15) is 0 Å². The highest BCUT2D eigenvalue weighted by atomic mass is 16.7. The molecule has 5 aliphatic rings.